The summed E-state index contributed by atoms with van der Waals surface area (Å²) in [7, 11) is 0.104. The molecule has 0 aliphatic carbocycles. The number of hydrogen-bond donors (Lipinski definition) is 1. The first kappa shape index (κ1) is 15.9. The second-order valence-electron chi connectivity index (χ2n) is 4.48. The van der Waals surface area contributed by atoms with Gasteiger partial charge in [0.1, 0.15) is 11.6 Å². The van der Waals surface area contributed by atoms with Crippen LogP contribution in [-0.2, 0) is 16.6 Å². The van der Waals surface area contributed by atoms with Crippen LogP contribution in [0, 0.1) is 0 Å². The van der Waals surface area contributed by atoms with Gasteiger partial charge in [-0.05, 0) is 34.1 Å². The van der Waals surface area contributed by atoms with Gasteiger partial charge in [-0.25, -0.2) is 23.1 Å². The first-order valence-electron chi connectivity index (χ1n) is 6.13. The monoisotopic (exact) mass is 370 g/mol. The normalized spacial score (nSPS) is 11.4. The number of nitrogens with one attached hydrogen (secondary N) is 1. The summed E-state index contributed by atoms with van der Waals surface area (Å²) in [6, 6.07) is 8.39. The summed E-state index contributed by atoms with van der Waals surface area (Å²) in [4.78, 5) is 10.3. The van der Waals surface area contributed by atoms with Gasteiger partial charge >= 0.3 is 0 Å². The number of rotatable bonds is 5. The van der Waals surface area contributed by atoms with E-state index < -0.39 is 10.0 Å². The molecule has 8 heteroatoms. The number of hydrogen-bond acceptors (Lipinski definition) is 5. The van der Waals surface area contributed by atoms with Crippen LogP contribution in [0.2, 0.25) is 0 Å². The minimum atomic E-state index is -3.61. The van der Waals surface area contributed by atoms with Crippen LogP contribution in [-0.4, -0.2) is 32.5 Å². The molecule has 2 rings (SSSR count). The third kappa shape index (κ3) is 3.99. The van der Waals surface area contributed by atoms with Gasteiger partial charge in [0.05, 0.1) is 11.4 Å². The quantitative estimate of drug-likeness (QED) is 0.867. The molecule has 21 heavy (non-hydrogen) atoms. The van der Waals surface area contributed by atoms with Crippen molar-refractivity contribution in [3.63, 3.8) is 0 Å². The van der Waals surface area contributed by atoms with Gasteiger partial charge in [-0.3, -0.25) is 0 Å². The average Bonchev–Trinajstić information content (AvgIpc) is 2.46. The van der Waals surface area contributed by atoms with Crippen molar-refractivity contribution in [2.45, 2.75) is 11.4 Å². The number of halogens is 1. The number of sulfonamides is 1. The molecule has 112 valence electrons. The number of aromatic nitrogens is 2. The second kappa shape index (κ2) is 6.50. The summed E-state index contributed by atoms with van der Waals surface area (Å²) >= 11 is 3.23. The maximum absolute atomic E-state index is 12.2. The lowest BCUT2D eigenvalue weighted by Gasteiger charge is -2.12. The largest absolute Gasteiger partial charge is 0.363 e. The third-order valence-corrected chi connectivity index (χ3v) is 5.11. The Kier molecular flexibility index (Phi) is 4.92. The first-order valence-corrected chi connectivity index (χ1v) is 8.41. The predicted molar refractivity (Wildman–Crippen MR) is 84.5 cm³/mol. The summed E-state index contributed by atoms with van der Waals surface area (Å²) in [6.45, 7) is 0.0331. The van der Waals surface area contributed by atoms with Crippen LogP contribution < -0.4 is 9.62 Å². The van der Waals surface area contributed by atoms with Crippen molar-refractivity contribution in [2.24, 2.45) is 0 Å². The van der Waals surface area contributed by atoms with Crippen LogP contribution in [0.3, 0.4) is 0 Å². The number of benzene rings is 1. The fourth-order valence-corrected chi connectivity index (χ4v) is 3.60. The van der Waals surface area contributed by atoms with Crippen LogP contribution in [0.1, 0.15) is 5.82 Å². The fourth-order valence-electron chi connectivity index (χ4n) is 1.62. The Morgan fingerprint density at radius 3 is 2.62 bits per heavy atom. The van der Waals surface area contributed by atoms with Crippen molar-refractivity contribution >= 4 is 31.8 Å². The van der Waals surface area contributed by atoms with E-state index in [2.05, 4.69) is 30.6 Å². The topological polar surface area (TPSA) is 75.2 Å². The SMILES string of the molecule is CN(C)c1ccnc(CNS(=O)(=O)c2ccccc2Br)n1. The predicted octanol–water partition coefficient (Wildman–Crippen LogP) is 1.78. The van der Waals surface area contributed by atoms with Crippen molar-refractivity contribution in [1.29, 1.82) is 0 Å². The lowest BCUT2D eigenvalue weighted by molar-refractivity contribution is 0.578. The Morgan fingerprint density at radius 1 is 1.24 bits per heavy atom. The molecule has 0 bridgehead atoms. The maximum atomic E-state index is 12.2. The highest BCUT2D eigenvalue weighted by Gasteiger charge is 2.17. The molecule has 0 aliphatic rings. The van der Waals surface area contributed by atoms with Crippen molar-refractivity contribution < 1.29 is 8.42 Å². The van der Waals surface area contributed by atoms with Crippen LogP contribution in [0.15, 0.2) is 45.9 Å². The lowest BCUT2D eigenvalue weighted by Crippen LogP contribution is -2.25. The summed E-state index contributed by atoms with van der Waals surface area (Å²) in [5.41, 5.74) is 0. The Hall–Kier alpha value is -1.51. The molecule has 1 aromatic carbocycles. The van der Waals surface area contributed by atoms with Gasteiger partial charge in [-0.2, -0.15) is 0 Å². The molecule has 1 aromatic heterocycles. The van der Waals surface area contributed by atoms with E-state index >= 15 is 0 Å². The van der Waals surface area contributed by atoms with Crippen LogP contribution in [0.25, 0.3) is 0 Å². The van der Waals surface area contributed by atoms with Crippen molar-refractivity contribution in [1.82, 2.24) is 14.7 Å². The molecule has 2 aromatic rings. The molecule has 0 spiro atoms. The molecule has 6 nitrogen and oxygen atoms in total. The standard InChI is InChI=1S/C13H15BrN4O2S/c1-18(2)13-7-8-15-12(17-13)9-16-21(19,20)11-6-4-3-5-10(11)14/h3-8,16H,9H2,1-2H3. The molecule has 0 aliphatic heterocycles. The zero-order valence-corrected chi connectivity index (χ0v) is 14.0. The van der Waals surface area contributed by atoms with E-state index in [4.69, 9.17) is 0 Å². The first-order chi connectivity index (χ1) is 9.90. The molecule has 0 unspecified atom stereocenters. The van der Waals surface area contributed by atoms with Gasteiger partial charge in [0, 0.05) is 24.8 Å². The van der Waals surface area contributed by atoms with E-state index in [0.717, 1.165) is 5.82 Å². The summed E-state index contributed by atoms with van der Waals surface area (Å²) in [6.07, 6.45) is 1.60. The highest BCUT2D eigenvalue weighted by Crippen LogP contribution is 2.20. The van der Waals surface area contributed by atoms with Crippen molar-refractivity contribution in [3.05, 3.63) is 46.8 Å². The Balaban J connectivity index is 2.16. The molecule has 1 N–H and O–H groups in total. The molecular weight excluding hydrogens is 356 g/mol. The zero-order chi connectivity index (χ0) is 15.5. The highest BCUT2D eigenvalue weighted by atomic mass is 79.9. The Morgan fingerprint density at radius 2 is 1.95 bits per heavy atom. The minimum Gasteiger partial charge on any atom is -0.363 e. The molecule has 0 radical (unpaired) electrons. The number of anilines is 1. The lowest BCUT2D eigenvalue weighted by atomic mass is 10.4. The highest BCUT2D eigenvalue weighted by molar-refractivity contribution is 9.10. The summed E-state index contributed by atoms with van der Waals surface area (Å²) < 4.78 is 27.5. The van der Waals surface area contributed by atoms with Gasteiger partial charge in [-0.15, -0.1) is 0 Å². The molecule has 0 saturated heterocycles. The fraction of sp³-hybridized carbons (Fsp3) is 0.231. The van der Waals surface area contributed by atoms with E-state index in [9.17, 15) is 8.42 Å². The van der Waals surface area contributed by atoms with Crippen molar-refractivity contribution in [3.8, 4) is 0 Å². The molecule has 0 fully saturated rings. The summed E-state index contributed by atoms with van der Waals surface area (Å²) in [5.74, 6) is 1.14. The minimum absolute atomic E-state index is 0.0331. The van der Waals surface area contributed by atoms with Gasteiger partial charge in [0.15, 0.2) is 0 Å². The maximum Gasteiger partial charge on any atom is 0.242 e. The van der Waals surface area contributed by atoms with E-state index in [1.165, 1.54) is 6.07 Å². The van der Waals surface area contributed by atoms with Crippen LogP contribution in [0.4, 0.5) is 5.82 Å². The van der Waals surface area contributed by atoms with E-state index in [1.807, 2.05) is 19.0 Å². The molecule has 0 atom stereocenters. The zero-order valence-electron chi connectivity index (χ0n) is 11.6. The number of nitrogens with zero attached hydrogens (tertiary/aromatic N) is 3. The van der Waals surface area contributed by atoms with Gasteiger partial charge < -0.3 is 4.90 Å². The van der Waals surface area contributed by atoms with Crippen LogP contribution in [0.5, 0.6) is 0 Å². The average molecular weight is 371 g/mol. The third-order valence-electron chi connectivity index (χ3n) is 2.70. The van der Waals surface area contributed by atoms with Gasteiger partial charge in [-0.1, -0.05) is 12.1 Å². The second-order valence-corrected chi connectivity index (χ2v) is 7.07. The van der Waals surface area contributed by atoms with Gasteiger partial charge in [0.2, 0.25) is 10.0 Å². The molecule has 0 amide bonds. The Labute approximate surface area is 132 Å². The van der Waals surface area contributed by atoms with Crippen molar-refractivity contribution in [2.75, 3.05) is 19.0 Å². The molecule has 0 saturated carbocycles. The molecule has 1 heterocycles. The smallest absolute Gasteiger partial charge is 0.242 e. The Bertz CT molecular complexity index is 734. The molecular formula is C13H15BrN4O2S. The van der Waals surface area contributed by atoms with E-state index in [-0.39, 0.29) is 11.4 Å². The van der Waals surface area contributed by atoms with Crippen LogP contribution >= 0.6 is 15.9 Å². The van der Waals surface area contributed by atoms with Gasteiger partial charge in [0.25, 0.3) is 0 Å². The summed E-state index contributed by atoms with van der Waals surface area (Å²) in [5, 5.41) is 0. The van der Waals surface area contributed by atoms with E-state index in [0.29, 0.717) is 10.3 Å². The van der Waals surface area contributed by atoms with E-state index in [1.54, 1.807) is 30.5 Å².